The maximum atomic E-state index is 13.2. The lowest BCUT2D eigenvalue weighted by molar-refractivity contribution is 0.0972. The summed E-state index contributed by atoms with van der Waals surface area (Å²) in [5.74, 6) is -1.55. The van der Waals surface area contributed by atoms with Gasteiger partial charge in [0.25, 0.3) is 0 Å². The normalized spacial score (nSPS) is 13.0. The summed E-state index contributed by atoms with van der Waals surface area (Å²) >= 11 is 0. The van der Waals surface area contributed by atoms with E-state index in [4.69, 9.17) is 11.5 Å². The minimum Gasteiger partial charge on any atom is -0.397 e. The second-order valence-electron chi connectivity index (χ2n) is 7.01. The number of nitrogens with two attached hydrogens (primary N) is 2. The summed E-state index contributed by atoms with van der Waals surface area (Å²) in [6.07, 6.45) is 1.06. The number of hydrogen-bond acceptors (Lipinski definition) is 7. The van der Waals surface area contributed by atoms with Gasteiger partial charge in [-0.1, -0.05) is 24.3 Å². The van der Waals surface area contributed by atoms with E-state index in [1.165, 1.54) is 42.5 Å². The highest BCUT2D eigenvalue weighted by molar-refractivity contribution is 7.90. The predicted molar refractivity (Wildman–Crippen MR) is 112 cm³/mol. The third-order valence-electron chi connectivity index (χ3n) is 5.06. The first-order valence-corrected chi connectivity index (χ1v) is 10.8. The molecule has 0 saturated heterocycles. The van der Waals surface area contributed by atoms with Crippen molar-refractivity contribution in [1.82, 2.24) is 0 Å². The summed E-state index contributed by atoms with van der Waals surface area (Å²) in [6, 6.07) is 12.9. The molecule has 150 valence electrons. The molecule has 3 aromatic carbocycles. The van der Waals surface area contributed by atoms with Crippen LogP contribution in [0, 0.1) is 0 Å². The summed E-state index contributed by atoms with van der Waals surface area (Å²) in [5.41, 5.74) is 12.2. The van der Waals surface area contributed by atoms with Crippen molar-refractivity contribution in [2.75, 3.05) is 17.7 Å². The molecule has 0 radical (unpaired) electrons. The molecule has 0 atom stereocenters. The number of hydrogen-bond donors (Lipinski definition) is 2. The van der Waals surface area contributed by atoms with E-state index < -0.39 is 27.2 Å². The van der Waals surface area contributed by atoms with Crippen LogP contribution in [0.1, 0.15) is 47.8 Å². The molecule has 4 rings (SSSR count). The fraction of sp³-hybridized carbons (Fsp3) is 0.0455. The van der Waals surface area contributed by atoms with Crippen LogP contribution < -0.4 is 11.5 Å². The average molecular weight is 420 g/mol. The van der Waals surface area contributed by atoms with Gasteiger partial charge in [-0.05, 0) is 30.3 Å². The minimum absolute atomic E-state index is 0.00499. The SMILES string of the molecule is CS(=O)(=O)c1ccc(C(=O)c2cc(N)c(N)c3c2C(=O)c2ccccc2C3=O)cc1. The van der Waals surface area contributed by atoms with Crippen molar-refractivity contribution in [1.29, 1.82) is 0 Å². The largest absolute Gasteiger partial charge is 0.397 e. The highest BCUT2D eigenvalue weighted by Gasteiger charge is 2.35. The van der Waals surface area contributed by atoms with Crippen molar-refractivity contribution in [3.8, 4) is 0 Å². The summed E-state index contributed by atoms with van der Waals surface area (Å²) in [7, 11) is -3.43. The third-order valence-corrected chi connectivity index (χ3v) is 6.19. The first-order valence-electron chi connectivity index (χ1n) is 8.86. The molecule has 4 N–H and O–H groups in total. The Labute approximate surface area is 172 Å². The molecule has 0 heterocycles. The number of nitrogen functional groups attached to an aromatic ring is 2. The van der Waals surface area contributed by atoms with Crippen LogP contribution in [0.25, 0.3) is 0 Å². The van der Waals surface area contributed by atoms with Gasteiger partial charge in [0.2, 0.25) is 0 Å². The van der Waals surface area contributed by atoms with Gasteiger partial charge in [-0.2, -0.15) is 0 Å². The van der Waals surface area contributed by atoms with Crippen LogP contribution >= 0.6 is 0 Å². The summed E-state index contributed by atoms with van der Waals surface area (Å²) < 4.78 is 23.3. The molecule has 3 aromatic rings. The molecule has 7 nitrogen and oxygen atoms in total. The number of carbonyl (C=O) groups is 3. The van der Waals surface area contributed by atoms with Crippen molar-refractivity contribution >= 4 is 38.6 Å². The molecule has 30 heavy (non-hydrogen) atoms. The molecule has 1 aliphatic rings. The number of anilines is 2. The smallest absolute Gasteiger partial charge is 0.196 e. The van der Waals surface area contributed by atoms with Gasteiger partial charge in [-0.15, -0.1) is 0 Å². The molecular formula is C22H16N2O5S. The van der Waals surface area contributed by atoms with Crippen LogP contribution in [0.4, 0.5) is 11.4 Å². The van der Waals surface area contributed by atoms with Gasteiger partial charge in [-0.3, -0.25) is 14.4 Å². The Balaban J connectivity index is 1.92. The van der Waals surface area contributed by atoms with Crippen molar-refractivity contribution in [2.45, 2.75) is 4.90 Å². The van der Waals surface area contributed by atoms with Gasteiger partial charge in [0.1, 0.15) is 0 Å². The van der Waals surface area contributed by atoms with Crippen molar-refractivity contribution in [3.05, 3.63) is 88.0 Å². The zero-order valence-corrected chi connectivity index (χ0v) is 16.6. The predicted octanol–water partition coefficient (Wildman–Crippen LogP) is 2.26. The number of fused-ring (bicyclic) bond motifs is 2. The van der Waals surface area contributed by atoms with Crippen LogP contribution in [0.15, 0.2) is 59.5 Å². The Morgan fingerprint density at radius 3 is 1.90 bits per heavy atom. The third kappa shape index (κ3) is 2.89. The molecule has 0 aliphatic heterocycles. The fourth-order valence-electron chi connectivity index (χ4n) is 3.53. The maximum absolute atomic E-state index is 13.2. The first-order chi connectivity index (χ1) is 14.1. The zero-order valence-electron chi connectivity index (χ0n) is 15.8. The Bertz CT molecular complexity index is 1370. The van der Waals surface area contributed by atoms with E-state index in [9.17, 15) is 22.8 Å². The van der Waals surface area contributed by atoms with Crippen molar-refractivity contribution in [2.24, 2.45) is 0 Å². The number of rotatable bonds is 3. The monoisotopic (exact) mass is 420 g/mol. The van der Waals surface area contributed by atoms with Crippen LogP contribution in [0.2, 0.25) is 0 Å². The Morgan fingerprint density at radius 2 is 1.37 bits per heavy atom. The Hall–Kier alpha value is -3.78. The van der Waals surface area contributed by atoms with Gasteiger partial charge in [-0.25, -0.2) is 8.42 Å². The molecule has 0 aromatic heterocycles. The van der Waals surface area contributed by atoms with Crippen LogP contribution in [0.5, 0.6) is 0 Å². The number of benzene rings is 3. The second kappa shape index (κ2) is 6.64. The molecule has 0 amide bonds. The maximum Gasteiger partial charge on any atom is 0.196 e. The van der Waals surface area contributed by atoms with E-state index in [1.54, 1.807) is 12.1 Å². The summed E-state index contributed by atoms with van der Waals surface area (Å²) in [6.45, 7) is 0. The molecular weight excluding hydrogens is 404 g/mol. The second-order valence-corrected chi connectivity index (χ2v) is 9.02. The standard InChI is InChI=1S/C22H16N2O5S/c1-30(28,29)12-8-6-11(7-9-12)20(25)15-10-16(23)19(24)18-17(15)21(26)13-4-2-3-5-14(13)22(18)27/h2-10H,23-24H2,1H3. The fourth-order valence-corrected chi connectivity index (χ4v) is 4.16. The minimum atomic E-state index is -3.43. The number of carbonyl (C=O) groups excluding carboxylic acids is 3. The van der Waals surface area contributed by atoms with Gasteiger partial charge < -0.3 is 11.5 Å². The van der Waals surface area contributed by atoms with Crippen LogP contribution in [0.3, 0.4) is 0 Å². The Kier molecular flexibility index (Phi) is 4.32. The van der Waals surface area contributed by atoms with Crippen LogP contribution in [-0.4, -0.2) is 32.0 Å². The Morgan fingerprint density at radius 1 is 0.833 bits per heavy atom. The summed E-state index contributed by atoms with van der Waals surface area (Å²) in [4.78, 5) is 39.5. The molecule has 0 saturated carbocycles. The molecule has 0 unspecified atom stereocenters. The van der Waals surface area contributed by atoms with E-state index >= 15 is 0 Å². The average Bonchev–Trinajstić information content (AvgIpc) is 2.72. The number of ketones is 3. The van der Waals surface area contributed by atoms with E-state index in [-0.39, 0.29) is 49.7 Å². The van der Waals surface area contributed by atoms with Crippen molar-refractivity contribution in [3.63, 3.8) is 0 Å². The topological polar surface area (TPSA) is 137 Å². The molecule has 8 heteroatoms. The quantitative estimate of drug-likeness (QED) is 0.383. The summed E-state index contributed by atoms with van der Waals surface area (Å²) in [5, 5.41) is 0. The molecule has 0 fully saturated rings. The van der Waals surface area contributed by atoms with Crippen molar-refractivity contribution < 1.29 is 22.8 Å². The lowest BCUT2D eigenvalue weighted by Gasteiger charge is -2.22. The lowest BCUT2D eigenvalue weighted by atomic mass is 9.79. The first kappa shape index (κ1) is 19.5. The van der Waals surface area contributed by atoms with Gasteiger partial charge in [0.15, 0.2) is 27.2 Å². The van der Waals surface area contributed by atoms with Gasteiger partial charge >= 0.3 is 0 Å². The van der Waals surface area contributed by atoms with Gasteiger partial charge in [0, 0.05) is 34.1 Å². The lowest BCUT2D eigenvalue weighted by Crippen LogP contribution is -2.26. The molecule has 1 aliphatic carbocycles. The molecule has 0 bridgehead atoms. The van der Waals surface area contributed by atoms with E-state index in [2.05, 4.69) is 0 Å². The highest BCUT2D eigenvalue weighted by Crippen LogP contribution is 2.37. The number of sulfone groups is 1. The zero-order chi connectivity index (χ0) is 21.8. The van der Waals surface area contributed by atoms with Crippen LogP contribution in [-0.2, 0) is 9.84 Å². The molecule has 0 spiro atoms. The van der Waals surface area contributed by atoms with E-state index in [1.807, 2.05) is 0 Å². The van der Waals surface area contributed by atoms with E-state index in [0.29, 0.717) is 0 Å². The van der Waals surface area contributed by atoms with E-state index in [0.717, 1.165) is 6.26 Å². The van der Waals surface area contributed by atoms with Gasteiger partial charge in [0.05, 0.1) is 21.8 Å². The highest BCUT2D eigenvalue weighted by atomic mass is 32.2.